The third kappa shape index (κ3) is 15.9. The van der Waals surface area contributed by atoms with E-state index in [1.165, 1.54) is 12.4 Å². The number of carbonyl (C=O) groups excluding carboxylic acids is 3. The molecule has 2 aliphatic heterocycles. The van der Waals surface area contributed by atoms with E-state index in [1.807, 2.05) is 44.2 Å². The smallest absolute Gasteiger partial charge is 0.450 e. The first kappa shape index (κ1) is 43.3. The second-order valence-corrected chi connectivity index (χ2v) is 16.8. The van der Waals surface area contributed by atoms with Crippen molar-refractivity contribution in [1.82, 2.24) is 15.5 Å². The maximum atomic E-state index is 13.9. The number of rotatable bonds is 18. The minimum atomic E-state index is -5.32. The quantitative estimate of drug-likeness (QED) is 0.0545. The number of unbranched alkanes of at least 4 members (excludes halogenated alkanes) is 1. The number of nitrogens with one attached hydrogen (secondary N) is 2. The number of aliphatic imine (C=N–C) groups is 2. The van der Waals surface area contributed by atoms with Gasteiger partial charge in [0.15, 0.2) is 6.20 Å². The standard InChI is InChI=1S/C32H48BN5O12P2/c1-24(2)20-29(36-30(40)26(21-25-10-4-3-5-11-25)22-28(39)27-23-34-12-13-35-27)33-49-18-8-15-38(16-9-19-50-33)14-6-7-17-48-31(41)37-32(51(42,43)44)52(45,46)47/h3-5,10-12,23-24,26,29,32H,6-9,14-22H2,1-2H3,(H5-,36,37,40,41,42,43,44,45,46,47)/p+1/t26-,29-/m1/s1. The van der Waals surface area contributed by atoms with E-state index in [4.69, 9.17) is 33.6 Å². The van der Waals surface area contributed by atoms with Crippen molar-refractivity contribution in [3.8, 4) is 0 Å². The van der Waals surface area contributed by atoms with Gasteiger partial charge in [-0.05, 0) is 56.6 Å². The van der Waals surface area contributed by atoms with Gasteiger partial charge in [0.1, 0.15) is 6.21 Å². The number of benzene rings is 1. The summed E-state index contributed by atoms with van der Waals surface area (Å²) in [5.74, 6) is -1.51. The summed E-state index contributed by atoms with van der Waals surface area (Å²) in [6.45, 7) is 6.78. The molecule has 0 saturated carbocycles. The van der Waals surface area contributed by atoms with Crippen molar-refractivity contribution in [3.05, 3.63) is 48.3 Å². The summed E-state index contributed by atoms with van der Waals surface area (Å²) < 4.78 is 39.9. The molecule has 6 N–H and O–H groups in total. The molecule has 0 aromatic heterocycles. The van der Waals surface area contributed by atoms with Crippen LogP contribution >= 0.6 is 15.2 Å². The van der Waals surface area contributed by atoms with Crippen LogP contribution in [-0.2, 0) is 39.2 Å². The molecule has 0 unspecified atom stereocenters. The van der Waals surface area contributed by atoms with Crippen LogP contribution in [0.25, 0.3) is 0 Å². The highest BCUT2D eigenvalue weighted by Crippen LogP contribution is 2.58. The molecule has 2 aliphatic rings. The molecule has 0 aliphatic carbocycles. The molecule has 1 saturated heterocycles. The predicted molar refractivity (Wildman–Crippen MR) is 193 cm³/mol. The van der Waals surface area contributed by atoms with E-state index in [-0.39, 0.29) is 36.3 Å². The highest BCUT2D eigenvalue weighted by atomic mass is 31.2. The predicted octanol–water partition coefficient (Wildman–Crippen LogP) is 2.44. The minimum Gasteiger partial charge on any atom is -0.450 e. The van der Waals surface area contributed by atoms with E-state index in [0.29, 0.717) is 71.4 Å². The normalized spacial score (nSPS) is 17.2. The van der Waals surface area contributed by atoms with Crippen LogP contribution in [-0.4, -0.2) is 112 Å². The van der Waals surface area contributed by atoms with Gasteiger partial charge >= 0.3 is 28.4 Å². The lowest BCUT2D eigenvalue weighted by Crippen LogP contribution is -2.52. The number of nitrogens with zero attached hydrogens (tertiary/aromatic N) is 3. The SMILES string of the molecule is CC(C)C[C@@H](NC(=O)[C@@H](CC(=O)C1=N[C+]=CN=C1)Cc1ccccc1)B1OCCCN(CCCCOC(=O)NC(P(=O)(O)O)P(=O)(O)O)CCCO1. The van der Waals surface area contributed by atoms with Crippen molar-refractivity contribution in [2.45, 2.75) is 70.3 Å². The van der Waals surface area contributed by atoms with E-state index >= 15 is 0 Å². The van der Waals surface area contributed by atoms with Gasteiger partial charge in [-0.25, -0.2) is 9.79 Å². The van der Waals surface area contributed by atoms with E-state index < -0.39 is 45.8 Å². The molecule has 20 heteroatoms. The molecule has 1 aromatic rings. The summed E-state index contributed by atoms with van der Waals surface area (Å²) in [6, 6.07) is 9.50. The number of hydrogen-bond acceptors (Lipinski definition) is 11. The van der Waals surface area contributed by atoms with Crippen LogP contribution in [0.1, 0.15) is 57.9 Å². The Morgan fingerprint density at radius 1 is 1.00 bits per heavy atom. The summed E-state index contributed by atoms with van der Waals surface area (Å²) in [7, 11) is -11.3. The fraction of sp³-hybridized carbons (Fsp3) is 0.594. The summed E-state index contributed by atoms with van der Waals surface area (Å²) in [6.07, 6.45) is 7.20. The van der Waals surface area contributed by atoms with Gasteiger partial charge in [-0.2, -0.15) is 0 Å². The fourth-order valence-electron chi connectivity index (χ4n) is 5.64. The van der Waals surface area contributed by atoms with Crippen LogP contribution in [0.5, 0.6) is 0 Å². The van der Waals surface area contributed by atoms with Crippen molar-refractivity contribution < 1.29 is 57.1 Å². The van der Waals surface area contributed by atoms with E-state index in [1.54, 1.807) is 5.32 Å². The Kier molecular flexibility index (Phi) is 17.9. The minimum absolute atomic E-state index is 0.0587. The monoisotopic (exact) mass is 768 g/mol. The third-order valence-corrected chi connectivity index (χ3v) is 11.4. The number of carbonyl (C=O) groups is 3. The van der Waals surface area contributed by atoms with Crippen LogP contribution in [0.15, 0.2) is 46.5 Å². The molecule has 52 heavy (non-hydrogen) atoms. The zero-order chi connectivity index (χ0) is 38.1. The van der Waals surface area contributed by atoms with Crippen LogP contribution in [0.3, 0.4) is 0 Å². The average Bonchev–Trinajstić information content (AvgIpc) is 3.08. The van der Waals surface area contributed by atoms with Gasteiger partial charge in [0.05, 0.1) is 18.5 Å². The van der Waals surface area contributed by atoms with Crippen LogP contribution in [0.4, 0.5) is 4.79 Å². The van der Waals surface area contributed by atoms with Crippen molar-refractivity contribution >= 4 is 52.0 Å². The summed E-state index contributed by atoms with van der Waals surface area (Å²) in [5.41, 5.74) is -1.61. The lowest BCUT2D eigenvalue weighted by molar-refractivity contribution is -0.128. The number of alkyl carbamates (subject to hydrolysis) is 1. The molecular formula is C32H49BN5O12P2+. The first-order chi connectivity index (χ1) is 24.6. The molecule has 3 rings (SSSR count). The molecule has 0 radical (unpaired) electrons. The molecular weight excluding hydrogens is 719 g/mol. The summed E-state index contributed by atoms with van der Waals surface area (Å²) in [5, 5.41) is 4.71. The molecule has 2 amide bonds. The molecule has 0 bridgehead atoms. The lowest BCUT2D eigenvalue weighted by atomic mass is 9.73. The van der Waals surface area contributed by atoms with E-state index in [0.717, 1.165) is 5.56 Å². The number of hydrogen-bond donors (Lipinski definition) is 6. The number of Topliss-reactive ketones (excluding diaryl/α,β-unsaturated/α-hetero) is 1. The van der Waals surface area contributed by atoms with E-state index in [9.17, 15) is 23.5 Å². The zero-order valence-electron chi connectivity index (χ0n) is 29.4. The topological polar surface area (TPSA) is 246 Å². The molecule has 0 spiro atoms. The van der Waals surface area contributed by atoms with Crippen molar-refractivity contribution in [2.24, 2.45) is 21.8 Å². The number of amides is 2. The van der Waals surface area contributed by atoms with Crippen molar-refractivity contribution in [3.63, 3.8) is 0 Å². The van der Waals surface area contributed by atoms with Gasteiger partial charge < -0.3 is 43.8 Å². The van der Waals surface area contributed by atoms with E-state index in [2.05, 4.69) is 26.4 Å². The molecule has 1 fully saturated rings. The van der Waals surface area contributed by atoms with Crippen molar-refractivity contribution in [1.29, 1.82) is 0 Å². The highest BCUT2D eigenvalue weighted by molar-refractivity contribution is 7.70. The van der Waals surface area contributed by atoms with Gasteiger partial charge in [0.2, 0.25) is 17.6 Å². The maximum absolute atomic E-state index is 13.9. The second-order valence-electron chi connectivity index (χ2n) is 13.0. The number of ether oxygens (including phenoxy) is 1. The Morgan fingerprint density at radius 2 is 1.65 bits per heavy atom. The Balaban J connectivity index is 1.51. The average molecular weight is 769 g/mol. The molecule has 1 aromatic carbocycles. The van der Waals surface area contributed by atoms with Crippen LogP contribution in [0, 0.1) is 18.0 Å². The maximum Gasteiger partial charge on any atom is 0.480 e. The summed E-state index contributed by atoms with van der Waals surface area (Å²) >= 11 is 0. The lowest BCUT2D eigenvalue weighted by Gasteiger charge is -2.30. The summed E-state index contributed by atoms with van der Waals surface area (Å²) in [4.78, 5) is 85.4. The Bertz CT molecular complexity index is 1470. The van der Waals surface area contributed by atoms with Gasteiger partial charge in [-0.3, -0.25) is 24.0 Å². The fourth-order valence-corrected chi connectivity index (χ4v) is 7.75. The zero-order valence-corrected chi connectivity index (χ0v) is 31.2. The first-order valence-corrected chi connectivity index (χ1v) is 20.5. The number of ketones is 1. The van der Waals surface area contributed by atoms with Gasteiger partial charge in [0, 0.05) is 37.7 Å². The highest BCUT2D eigenvalue weighted by Gasteiger charge is 2.45. The second kappa shape index (κ2) is 21.5. The Hall–Kier alpha value is -3.14. The molecule has 17 nitrogen and oxygen atoms in total. The first-order valence-electron chi connectivity index (χ1n) is 17.2. The van der Waals surface area contributed by atoms with Gasteiger partial charge in [0.25, 0.3) is 11.5 Å². The van der Waals surface area contributed by atoms with Gasteiger partial charge in [-0.1, -0.05) is 44.2 Å². The van der Waals surface area contributed by atoms with Crippen LogP contribution < -0.4 is 10.6 Å². The Morgan fingerprint density at radius 3 is 2.23 bits per heavy atom. The third-order valence-electron chi connectivity index (χ3n) is 8.10. The molecule has 2 heterocycles. The Labute approximate surface area is 304 Å². The van der Waals surface area contributed by atoms with Crippen molar-refractivity contribution in [2.75, 3.05) is 39.5 Å². The molecule has 2 atom stereocenters. The van der Waals surface area contributed by atoms with Gasteiger partial charge in [-0.15, -0.1) is 0 Å². The van der Waals surface area contributed by atoms with Crippen LogP contribution in [0.2, 0.25) is 0 Å². The largest absolute Gasteiger partial charge is 0.480 e. The molecule has 286 valence electrons.